The van der Waals surface area contributed by atoms with E-state index in [2.05, 4.69) is 31.9 Å². The second-order valence-corrected chi connectivity index (χ2v) is 11.1. The predicted molar refractivity (Wildman–Crippen MR) is 170 cm³/mol. The average Bonchev–Trinajstić information content (AvgIpc) is 2.98. The van der Waals surface area contributed by atoms with Crippen molar-refractivity contribution in [2.45, 2.75) is 6.42 Å². The van der Waals surface area contributed by atoms with Crippen molar-refractivity contribution in [1.29, 1.82) is 10.5 Å². The van der Waals surface area contributed by atoms with E-state index >= 15 is 0 Å². The Morgan fingerprint density at radius 1 is 0.733 bits per heavy atom. The van der Waals surface area contributed by atoms with Gasteiger partial charge in [0.2, 0.25) is 0 Å². The van der Waals surface area contributed by atoms with Crippen LogP contribution in [0.5, 0.6) is 0 Å². The predicted octanol–water partition coefficient (Wildman–Crippen LogP) is 8.21. The van der Waals surface area contributed by atoms with Crippen LogP contribution in [0.4, 0.5) is 41.6 Å². The maximum Gasteiger partial charge on any atom is 0.296 e. The van der Waals surface area contributed by atoms with Crippen LogP contribution < -0.4 is 17.2 Å². The lowest BCUT2D eigenvalue weighted by atomic mass is 9.98. The molecule has 0 aliphatic rings. The number of hydrogen-bond donors (Lipinski definition) is 3. The summed E-state index contributed by atoms with van der Waals surface area (Å²) >= 11 is 18.2. The molecule has 0 aliphatic heterocycles. The molecule has 0 bridgehead atoms. The van der Waals surface area contributed by atoms with E-state index in [1.807, 2.05) is 6.07 Å². The maximum atomic E-state index is 14.3. The van der Waals surface area contributed by atoms with Gasteiger partial charge in [-0.25, -0.2) is 13.2 Å². The zero-order valence-electron chi connectivity index (χ0n) is 22.1. The third-order valence-electron chi connectivity index (χ3n) is 5.59. The summed E-state index contributed by atoms with van der Waals surface area (Å²) in [5.41, 5.74) is 13.2. The molecule has 4 aromatic carbocycles. The van der Waals surface area contributed by atoms with Crippen LogP contribution in [0, 0.1) is 60.3 Å². The van der Waals surface area contributed by atoms with Gasteiger partial charge in [-0.3, -0.25) is 20.2 Å². The normalized spacial score (nSPS) is 9.89. The van der Waals surface area contributed by atoms with E-state index in [0.717, 1.165) is 15.0 Å². The number of nitriles is 2. The Morgan fingerprint density at radius 3 is 1.64 bits per heavy atom. The molecule has 0 spiro atoms. The standard InChI is InChI=1S/C14H8BrClFN3O2.C7H3F2N3O2.C6H5BrClN/c15-9-2-1-7(11(16)5-9)3-10-8(6-18)4-12(20(21)22)14(19)13(10)17;8-5-3(2-10)1-4(12(13)14)7(11)6(5)9;7-4-1-2-6(9)5(8)3-4/h1-2,4-5H,3,19H2;1H,11H2;1-3H,9H2. The number of nitro groups is 2. The van der Waals surface area contributed by atoms with Gasteiger partial charge in [0, 0.05) is 38.1 Å². The molecule has 0 unspecified atom stereocenters. The van der Waals surface area contributed by atoms with Crippen LogP contribution in [0.25, 0.3) is 0 Å². The first-order valence-corrected chi connectivity index (χ1v) is 14.0. The average molecular weight is 790 g/mol. The molecule has 45 heavy (non-hydrogen) atoms. The molecule has 0 amide bonds. The van der Waals surface area contributed by atoms with Gasteiger partial charge in [-0.1, -0.05) is 61.1 Å². The van der Waals surface area contributed by atoms with Gasteiger partial charge >= 0.3 is 0 Å². The number of rotatable bonds is 4. The summed E-state index contributed by atoms with van der Waals surface area (Å²) in [5.74, 6) is -4.02. The van der Waals surface area contributed by atoms with Crippen molar-refractivity contribution >= 4 is 83.5 Å². The van der Waals surface area contributed by atoms with Crippen LogP contribution in [-0.4, -0.2) is 9.85 Å². The molecule has 4 aromatic rings. The molecule has 0 heterocycles. The molecule has 232 valence electrons. The molecule has 6 N–H and O–H groups in total. The zero-order chi connectivity index (χ0) is 34.2. The van der Waals surface area contributed by atoms with E-state index in [1.54, 1.807) is 36.4 Å². The molecule has 4 rings (SSSR count). The highest BCUT2D eigenvalue weighted by atomic mass is 79.9. The summed E-state index contributed by atoms with van der Waals surface area (Å²) in [7, 11) is 0. The molecular formula is C27H16Br2Cl2F3N7O4. The Bertz CT molecular complexity index is 1900. The number of nitro benzene ring substituents is 2. The fraction of sp³-hybridized carbons (Fsp3) is 0.0370. The number of halogens is 7. The van der Waals surface area contributed by atoms with Gasteiger partial charge in [0.05, 0.1) is 37.8 Å². The number of benzene rings is 4. The largest absolute Gasteiger partial charge is 0.398 e. The zero-order valence-corrected chi connectivity index (χ0v) is 26.8. The van der Waals surface area contributed by atoms with Crippen LogP contribution in [0.2, 0.25) is 10.0 Å². The number of nitrogens with two attached hydrogens (primary N) is 3. The van der Waals surface area contributed by atoms with Gasteiger partial charge in [-0.05, 0) is 35.9 Å². The fourth-order valence-corrected chi connectivity index (χ4v) is 4.75. The number of hydrogen-bond acceptors (Lipinski definition) is 9. The lowest BCUT2D eigenvalue weighted by Gasteiger charge is -2.10. The third kappa shape index (κ3) is 9.19. The van der Waals surface area contributed by atoms with Crippen molar-refractivity contribution < 1.29 is 23.0 Å². The summed E-state index contributed by atoms with van der Waals surface area (Å²) in [6.07, 6.45) is 0.00301. The number of anilines is 3. The van der Waals surface area contributed by atoms with Crippen molar-refractivity contribution in [3.8, 4) is 12.1 Å². The van der Waals surface area contributed by atoms with Crippen molar-refractivity contribution in [2.24, 2.45) is 0 Å². The quantitative estimate of drug-likeness (QED) is 0.103. The van der Waals surface area contributed by atoms with E-state index < -0.39 is 55.6 Å². The Kier molecular flexibility index (Phi) is 12.9. The monoisotopic (exact) mass is 787 g/mol. The summed E-state index contributed by atoms with van der Waals surface area (Å²) in [4.78, 5) is 19.3. The molecule has 0 radical (unpaired) electrons. The van der Waals surface area contributed by atoms with Crippen LogP contribution in [0.15, 0.2) is 57.5 Å². The number of nitrogen functional groups attached to an aromatic ring is 3. The van der Waals surface area contributed by atoms with Gasteiger partial charge in [0.1, 0.15) is 17.4 Å². The SMILES string of the molecule is N#Cc1cc([N+](=O)[O-])c(N)c(F)c1Cc1ccc(Br)cc1Cl.N#Cc1cc([N+](=O)[O-])c(N)c(F)c1F.Nc1ccc(Br)cc1Cl. The van der Waals surface area contributed by atoms with Crippen LogP contribution in [0.3, 0.4) is 0 Å². The Balaban J connectivity index is 0.000000261. The Morgan fingerprint density at radius 2 is 1.20 bits per heavy atom. The smallest absolute Gasteiger partial charge is 0.296 e. The van der Waals surface area contributed by atoms with Gasteiger partial charge in [-0.15, -0.1) is 0 Å². The maximum absolute atomic E-state index is 14.3. The first-order chi connectivity index (χ1) is 21.0. The molecule has 0 aromatic heterocycles. The van der Waals surface area contributed by atoms with Gasteiger partial charge in [0.25, 0.3) is 11.4 Å². The Hall–Kier alpha value is -4.61. The first-order valence-electron chi connectivity index (χ1n) is 11.7. The van der Waals surface area contributed by atoms with Crippen molar-refractivity contribution in [3.63, 3.8) is 0 Å². The van der Waals surface area contributed by atoms with E-state index in [0.29, 0.717) is 27.4 Å². The minimum atomic E-state index is -1.57. The van der Waals surface area contributed by atoms with Gasteiger partial charge < -0.3 is 17.2 Å². The molecule has 0 fully saturated rings. The molecule has 18 heteroatoms. The summed E-state index contributed by atoms with van der Waals surface area (Å²) in [6, 6.07) is 15.0. The summed E-state index contributed by atoms with van der Waals surface area (Å²) in [6.45, 7) is 0. The topological polar surface area (TPSA) is 212 Å². The molecule has 0 atom stereocenters. The molecular weight excluding hydrogens is 774 g/mol. The van der Waals surface area contributed by atoms with E-state index in [-0.39, 0.29) is 17.5 Å². The molecule has 0 saturated carbocycles. The molecule has 0 saturated heterocycles. The van der Waals surface area contributed by atoms with E-state index in [9.17, 15) is 33.4 Å². The van der Waals surface area contributed by atoms with Crippen molar-refractivity contribution in [1.82, 2.24) is 0 Å². The molecule has 11 nitrogen and oxygen atoms in total. The summed E-state index contributed by atoms with van der Waals surface area (Å²) < 4.78 is 41.7. The lowest BCUT2D eigenvalue weighted by molar-refractivity contribution is -0.384. The Labute approximate surface area is 279 Å². The number of nitrogens with zero attached hydrogens (tertiary/aromatic N) is 4. The lowest BCUT2D eigenvalue weighted by Crippen LogP contribution is -2.06. The highest BCUT2D eigenvalue weighted by Gasteiger charge is 2.24. The van der Waals surface area contributed by atoms with Crippen LogP contribution in [-0.2, 0) is 6.42 Å². The van der Waals surface area contributed by atoms with Crippen LogP contribution >= 0.6 is 55.1 Å². The third-order valence-corrected chi connectivity index (χ3v) is 7.25. The highest BCUT2D eigenvalue weighted by Crippen LogP contribution is 2.33. The highest BCUT2D eigenvalue weighted by molar-refractivity contribution is 9.10. The van der Waals surface area contributed by atoms with E-state index in [4.69, 9.17) is 50.9 Å². The minimum absolute atomic E-state index is 0.00301. The second kappa shape index (κ2) is 15.9. The van der Waals surface area contributed by atoms with E-state index in [1.165, 1.54) is 6.07 Å². The van der Waals surface area contributed by atoms with Crippen molar-refractivity contribution in [3.05, 3.63) is 127 Å². The first kappa shape index (κ1) is 36.6. The van der Waals surface area contributed by atoms with Crippen molar-refractivity contribution in [2.75, 3.05) is 17.2 Å². The van der Waals surface area contributed by atoms with Crippen LogP contribution in [0.1, 0.15) is 22.3 Å². The minimum Gasteiger partial charge on any atom is -0.398 e. The van der Waals surface area contributed by atoms with Gasteiger partial charge in [0.15, 0.2) is 17.5 Å². The second-order valence-electron chi connectivity index (χ2n) is 8.45. The summed E-state index contributed by atoms with van der Waals surface area (Å²) in [5, 5.41) is 39.5. The molecule has 0 aliphatic carbocycles. The fourth-order valence-electron chi connectivity index (χ4n) is 3.33. The van der Waals surface area contributed by atoms with Gasteiger partial charge in [-0.2, -0.15) is 10.5 Å².